The second kappa shape index (κ2) is 6.41. The molecule has 1 aromatic carbocycles. The van der Waals surface area contributed by atoms with E-state index in [4.69, 9.17) is 0 Å². The maximum absolute atomic E-state index is 12.6. The van der Waals surface area contributed by atoms with Gasteiger partial charge in [0.05, 0.1) is 4.92 Å². The Labute approximate surface area is 148 Å². The highest BCUT2D eigenvalue weighted by molar-refractivity contribution is 5.98. The Balaban J connectivity index is 1.76. The Kier molecular flexibility index (Phi) is 4.58. The van der Waals surface area contributed by atoms with Crippen molar-refractivity contribution in [2.75, 3.05) is 13.1 Å². The largest absolute Gasteiger partial charge is 0.350 e. The summed E-state index contributed by atoms with van der Waals surface area (Å²) in [5.41, 5.74) is 0.632. The van der Waals surface area contributed by atoms with E-state index in [0.29, 0.717) is 12.5 Å². The number of nitrogens with one attached hydrogen (secondary N) is 2. The van der Waals surface area contributed by atoms with Gasteiger partial charge in [-0.1, -0.05) is 33.3 Å². The molecular formula is C19H27N3O3. The zero-order valence-corrected chi connectivity index (χ0v) is 15.2. The first-order chi connectivity index (χ1) is 11.7. The molecule has 2 aliphatic rings. The fourth-order valence-electron chi connectivity index (χ4n) is 4.09. The van der Waals surface area contributed by atoms with E-state index in [1.165, 1.54) is 18.9 Å². The molecule has 0 spiro atoms. The predicted octanol–water partition coefficient (Wildman–Crippen LogP) is 3.15. The Hall–Kier alpha value is -1.95. The standard InChI is InChI=1S/C19H27N3O3/c1-18(2,3)14-6-7-15(16(9-14)22(24)25)17(23)20-12-19-8-4-5-13(10-19)11-21-19/h6-7,9,13,21H,4-5,8,10-12H2,1-3H3,(H,20,23)/t13?,19-/m1/s1. The van der Waals surface area contributed by atoms with Crippen LogP contribution in [-0.2, 0) is 5.41 Å². The van der Waals surface area contributed by atoms with Crippen LogP contribution in [0.15, 0.2) is 18.2 Å². The third-order valence-electron chi connectivity index (χ3n) is 5.61. The van der Waals surface area contributed by atoms with Gasteiger partial charge in [-0.15, -0.1) is 0 Å². The fraction of sp³-hybridized carbons (Fsp3) is 0.632. The summed E-state index contributed by atoms with van der Waals surface area (Å²) in [6.07, 6.45) is 4.56. The first-order valence-corrected chi connectivity index (χ1v) is 9.02. The Morgan fingerprint density at radius 3 is 2.88 bits per heavy atom. The molecule has 25 heavy (non-hydrogen) atoms. The van der Waals surface area contributed by atoms with Crippen LogP contribution >= 0.6 is 0 Å². The quantitative estimate of drug-likeness (QED) is 0.648. The minimum Gasteiger partial charge on any atom is -0.350 e. The molecule has 3 rings (SSSR count). The van der Waals surface area contributed by atoms with Gasteiger partial charge < -0.3 is 10.6 Å². The summed E-state index contributed by atoms with van der Waals surface area (Å²) in [5, 5.41) is 17.9. The van der Waals surface area contributed by atoms with Gasteiger partial charge >= 0.3 is 0 Å². The summed E-state index contributed by atoms with van der Waals surface area (Å²) in [5.74, 6) is 0.336. The second-order valence-corrected chi connectivity index (χ2v) is 8.55. The molecule has 1 amide bonds. The molecule has 1 heterocycles. The number of carbonyl (C=O) groups is 1. The van der Waals surface area contributed by atoms with E-state index in [0.717, 1.165) is 24.9 Å². The number of amides is 1. The van der Waals surface area contributed by atoms with Gasteiger partial charge in [0.2, 0.25) is 0 Å². The van der Waals surface area contributed by atoms with Gasteiger partial charge in [-0.2, -0.15) is 0 Å². The molecule has 1 saturated heterocycles. The fourth-order valence-corrected chi connectivity index (χ4v) is 4.09. The van der Waals surface area contributed by atoms with Crippen molar-refractivity contribution in [3.05, 3.63) is 39.4 Å². The van der Waals surface area contributed by atoms with E-state index in [1.807, 2.05) is 26.8 Å². The van der Waals surface area contributed by atoms with Crippen molar-refractivity contribution in [3.63, 3.8) is 0 Å². The Morgan fingerprint density at radius 2 is 2.20 bits per heavy atom. The lowest BCUT2D eigenvalue weighted by Gasteiger charge is -2.33. The van der Waals surface area contributed by atoms with E-state index >= 15 is 0 Å². The molecular weight excluding hydrogens is 318 g/mol. The predicted molar refractivity (Wildman–Crippen MR) is 96.8 cm³/mol. The van der Waals surface area contributed by atoms with Crippen LogP contribution in [0.1, 0.15) is 62.4 Å². The molecule has 6 heteroatoms. The van der Waals surface area contributed by atoms with Crippen molar-refractivity contribution in [3.8, 4) is 0 Å². The van der Waals surface area contributed by atoms with Crippen LogP contribution < -0.4 is 10.6 Å². The van der Waals surface area contributed by atoms with Crippen molar-refractivity contribution in [2.24, 2.45) is 5.92 Å². The van der Waals surface area contributed by atoms with Gasteiger partial charge in [0.15, 0.2) is 0 Å². The maximum atomic E-state index is 12.6. The minimum atomic E-state index is -0.465. The number of fused-ring (bicyclic) bond motifs is 2. The summed E-state index contributed by atoms with van der Waals surface area (Å²) >= 11 is 0. The number of benzene rings is 1. The van der Waals surface area contributed by atoms with E-state index in [-0.39, 0.29) is 28.1 Å². The molecule has 2 fully saturated rings. The van der Waals surface area contributed by atoms with Crippen molar-refractivity contribution in [1.29, 1.82) is 0 Å². The summed E-state index contributed by atoms with van der Waals surface area (Å²) in [6.45, 7) is 7.53. The monoisotopic (exact) mass is 345 g/mol. The molecule has 2 N–H and O–H groups in total. The van der Waals surface area contributed by atoms with Gasteiger partial charge in [0.1, 0.15) is 5.56 Å². The van der Waals surface area contributed by atoms with Crippen LogP contribution in [0, 0.1) is 16.0 Å². The van der Waals surface area contributed by atoms with Crippen molar-refractivity contribution < 1.29 is 9.72 Å². The Morgan fingerprint density at radius 1 is 1.44 bits per heavy atom. The van der Waals surface area contributed by atoms with E-state index in [2.05, 4.69) is 10.6 Å². The number of hydrogen-bond donors (Lipinski definition) is 2. The van der Waals surface area contributed by atoms with Crippen LogP contribution in [-0.4, -0.2) is 29.5 Å². The lowest BCUT2D eigenvalue weighted by atomic mass is 9.80. The number of nitro groups is 1. The van der Waals surface area contributed by atoms with Crippen molar-refractivity contribution in [2.45, 2.75) is 57.4 Å². The van der Waals surface area contributed by atoms with Crippen LogP contribution in [0.5, 0.6) is 0 Å². The number of rotatable bonds is 4. The molecule has 0 radical (unpaired) electrons. The molecule has 2 bridgehead atoms. The average Bonchev–Trinajstić information content (AvgIpc) is 2.85. The summed E-state index contributed by atoms with van der Waals surface area (Å²) in [4.78, 5) is 23.6. The summed E-state index contributed by atoms with van der Waals surface area (Å²) in [6, 6.07) is 4.92. The van der Waals surface area contributed by atoms with Crippen molar-refractivity contribution >= 4 is 11.6 Å². The first-order valence-electron chi connectivity index (χ1n) is 9.02. The van der Waals surface area contributed by atoms with Gasteiger partial charge in [0, 0.05) is 18.2 Å². The third kappa shape index (κ3) is 3.68. The third-order valence-corrected chi connectivity index (χ3v) is 5.61. The highest BCUT2D eigenvalue weighted by Crippen LogP contribution is 2.37. The van der Waals surface area contributed by atoms with E-state index < -0.39 is 4.92 Å². The number of nitrogens with zero attached hydrogens (tertiary/aromatic N) is 1. The van der Waals surface area contributed by atoms with Crippen LogP contribution in [0.4, 0.5) is 5.69 Å². The van der Waals surface area contributed by atoms with Gasteiger partial charge in [-0.05, 0) is 48.8 Å². The Bertz CT molecular complexity index is 692. The number of carbonyl (C=O) groups excluding carboxylic acids is 1. The second-order valence-electron chi connectivity index (χ2n) is 8.55. The molecule has 2 atom stereocenters. The zero-order chi connectivity index (χ0) is 18.2. The van der Waals surface area contributed by atoms with Crippen molar-refractivity contribution in [1.82, 2.24) is 10.6 Å². The zero-order valence-electron chi connectivity index (χ0n) is 15.2. The SMILES string of the molecule is CC(C)(C)c1ccc(C(=O)NC[C@]23CCCC(CN2)C3)c([N+](=O)[O-])c1. The molecule has 1 saturated carbocycles. The van der Waals surface area contributed by atoms with Crippen LogP contribution in [0.2, 0.25) is 0 Å². The maximum Gasteiger partial charge on any atom is 0.282 e. The molecule has 136 valence electrons. The molecule has 6 nitrogen and oxygen atoms in total. The first kappa shape index (κ1) is 17.9. The smallest absolute Gasteiger partial charge is 0.282 e. The van der Waals surface area contributed by atoms with Crippen LogP contribution in [0.25, 0.3) is 0 Å². The number of hydrogen-bond acceptors (Lipinski definition) is 4. The summed E-state index contributed by atoms with van der Waals surface area (Å²) in [7, 11) is 0. The lowest BCUT2D eigenvalue weighted by molar-refractivity contribution is -0.385. The van der Waals surface area contributed by atoms with E-state index in [1.54, 1.807) is 6.07 Å². The topological polar surface area (TPSA) is 84.3 Å². The van der Waals surface area contributed by atoms with Gasteiger partial charge in [-0.3, -0.25) is 14.9 Å². The lowest BCUT2D eigenvalue weighted by Crippen LogP contribution is -2.50. The van der Waals surface area contributed by atoms with E-state index in [9.17, 15) is 14.9 Å². The molecule has 1 aliphatic heterocycles. The summed E-state index contributed by atoms with van der Waals surface area (Å²) < 4.78 is 0. The minimum absolute atomic E-state index is 0.0291. The molecule has 0 aromatic heterocycles. The molecule has 1 unspecified atom stereocenters. The van der Waals surface area contributed by atoms with Gasteiger partial charge in [0.25, 0.3) is 11.6 Å². The van der Waals surface area contributed by atoms with Gasteiger partial charge in [-0.25, -0.2) is 0 Å². The molecule has 1 aromatic rings. The number of nitro benzene ring substituents is 1. The highest BCUT2D eigenvalue weighted by Gasteiger charge is 2.41. The molecule has 1 aliphatic carbocycles. The highest BCUT2D eigenvalue weighted by atomic mass is 16.6. The normalized spacial score (nSPS) is 25.6. The van der Waals surface area contributed by atoms with Crippen LogP contribution in [0.3, 0.4) is 0 Å². The average molecular weight is 345 g/mol.